The van der Waals surface area contributed by atoms with Crippen LogP contribution in [0.5, 0.6) is 0 Å². The van der Waals surface area contributed by atoms with Crippen molar-refractivity contribution < 1.29 is 13.4 Å². The van der Waals surface area contributed by atoms with Gasteiger partial charge in [0.15, 0.2) is 11.2 Å². The Bertz CT molecular complexity index is 1100. The van der Waals surface area contributed by atoms with Crippen molar-refractivity contribution in [2.75, 3.05) is 19.6 Å². The van der Waals surface area contributed by atoms with Crippen LogP contribution in [0.1, 0.15) is 36.6 Å². The van der Waals surface area contributed by atoms with Crippen molar-refractivity contribution in [3.63, 3.8) is 0 Å². The van der Waals surface area contributed by atoms with E-state index >= 15 is 0 Å². The molecular formula is C22H23BrFN3O2. The lowest BCUT2D eigenvalue weighted by Gasteiger charge is -2.31. The van der Waals surface area contributed by atoms with E-state index in [-0.39, 0.29) is 22.8 Å². The molecule has 0 unspecified atom stereocenters. The fraction of sp³-hybridized carbons (Fsp3) is 0.364. The molecule has 1 fully saturated rings. The minimum absolute atomic E-state index is 0. The summed E-state index contributed by atoms with van der Waals surface area (Å²) >= 11 is 0. The van der Waals surface area contributed by atoms with Gasteiger partial charge in [-0.3, -0.25) is 0 Å². The van der Waals surface area contributed by atoms with Crippen LogP contribution in [0.4, 0.5) is 4.39 Å². The monoisotopic (exact) mass is 459 g/mol. The average molecular weight is 460 g/mol. The number of rotatable bonds is 5. The molecule has 2 aromatic heterocycles. The molecule has 1 saturated heterocycles. The van der Waals surface area contributed by atoms with Gasteiger partial charge in [0.05, 0.1) is 11.4 Å². The second kappa shape index (κ2) is 8.63. The van der Waals surface area contributed by atoms with Crippen LogP contribution < -0.4 is 0 Å². The van der Waals surface area contributed by atoms with Crippen molar-refractivity contribution in [2.45, 2.75) is 31.6 Å². The first-order valence-electron chi connectivity index (χ1n) is 9.88. The fourth-order valence-electron chi connectivity index (χ4n) is 4.24. The lowest BCUT2D eigenvalue weighted by Crippen LogP contribution is -2.34. The van der Waals surface area contributed by atoms with E-state index in [2.05, 4.69) is 21.3 Å². The molecule has 3 heterocycles. The largest absolute Gasteiger partial charge is 0.356 e. The highest BCUT2D eigenvalue weighted by Crippen LogP contribution is 2.32. The molecule has 0 spiro atoms. The van der Waals surface area contributed by atoms with Gasteiger partial charge in [-0.15, -0.1) is 17.0 Å². The first-order chi connectivity index (χ1) is 13.8. The Morgan fingerprint density at radius 3 is 2.62 bits per heavy atom. The zero-order valence-corrected chi connectivity index (χ0v) is 17.7. The first-order valence-corrected chi connectivity index (χ1v) is 9.88. The van der Waals surface area contributed by atoms with E-state index in [1.165, 1.54) is 12.1 Å². The lowest BCUT2D eigenvalue weighted by molar-refractivity contribution is 0.207. The summed E-state index contributed by atoms with van der Waals surface area (Å²) in [6.45, 7) is 3.16. The minimum Gasteiger partial charge on any atom is -0.356 e. The summed E-state index contributed by atoms with van der Waals surface area (Å²) in [4.78, 5) is 2.50. The predicted molar refractivity (Wildman–Crippen MR) is 115 cm³/mol. The molecular weight excluding hydrogens is 437 g/mol. The number of likely N-dealkylation sites (tertiary alicyclic amines) is 1. The molecule has 2 aromatic carbocycles. The van der Waals surface area contributed by atoms with Crippen LogP contribution in [0.2, 0.25) is 0 Å². The molecule has 0 radical (unpaired) electrons. The molecule has 0 amide bonds. The Morgan fingerprint density at radius 1 is 0.966 bits per heavy atom. The zero-order valence-electron chi connectivity index (χ0n) is 16.0. The highest BCUT2D eigenvalue weighted by molar-refractivity contribution is 8.93. The molecule has 0 saturated carbocycles. The summed E-state index contributed by atoms with van der Waals surface area (Å²) in [5.74, 6) is 0.173. The molecule has 7 heteroatoms. The number of piperidine rings is 1. The SMILES string of the molecule is Br.Fc1ccc2c(CCCN3CCC(c4noc5ccccc45)CC3)noc2c1. The van der Waals surface area contributed by atoms with Gasteiger partial charge in [0, 0.05) is 22.8 Å². The Labute approximate surface area is 178 Å². The lowest BCUT2D eigenvalue weighted by atomic mass is 9.91. The van der Waals surface area contributed by atoms with Crippen LogP contribution in [0.3, 0.4) is 0 Å². The van der Waals surface area contributed by atoms with Crippen molar-refractivity contribution >= 4 is 38.9 Å². The average Bonchev–Trinajstić information content (AvgIpc) is 3.33. The molecule has 1 aliphatic rings. The Hall–Kier alpha value is -2.25. The van der Waals surface area contributed by atoms with E-state index < -0.39 is 0 Å². The summed E-state index contributed by atoms with van der Waals surface area (Å²) in [5, 5.41) is 10.5. The smallest absolute Gasteiger partial charge is 0.170 e. The number of aryl methyl sites for hydroxylation is 1. The summed E-state index contributed by atoms with van der Waals surface area (Å²) < 4.78 is 24.0. The maximum Gasteiger partial charge on any atom is 0.170 e. The fourth-order valence-corrected chi connectivity index (χ4v) is 4.24. The van der Waals surface area contributed by atoms with E-state index in [4.69, 9.17) is 9.05 Å². The predicted octanol–water partition coefficient (Wildman–Crippen LogP) is 5.50. The molecule has 0 bridgehead atoms. The quantitative estimate of drug-likeness (QED) is 0.394. The van der Waals surface area contributed by atoms with Crippen molar-refractivity contribution in [1.82, 2.24) is 15.2 Å². The molecule has 0 atom stereocenters. The van der Waals surface area contributed by atoms with Gasteiger partial charge >= 0.3 is 0 Å². The molecule has 4 aromatic rings. The van der Waals surface area contributed by atoms with Crippen LogP contribution in [-0.4, -0.2) is 34.8 Å². The molecule has 0 aliphatic carbocycles. The number of aromatic nitrogens is 2. The third-order valence-electron chi connectivity index (χ3n) is 5.78. The third kappa shape index (κ3) is 4.07. The molecule has 1 aliphatic heterocycles. The van der Waals surface area contributed by atoms with Crippen molar-refractivity contribution in [3.8, 4) is 0 Å². The summed E-state index contributed by atoms with van der Waals surface area (Å²) in [6.07, 6.45) is 4.05. The molecule has 152 valence electrons. The number of hydrogen-bond donors (Lipinski definition) is 0. The second-order valence-corrected chi connectivity index (χ2v) is 7.55. The van der Waals surface area contributed by atoms with E-state index in [0.717, 1.165) is 73.1 Å². The summed E-state index contributed by atoms with van der Waals surface area (Å²) in [6, 6.07) is 12.7. The Kier molecular flexibility index (Phi) is 5.96. The zero-order chi connectivity index (χ0) is 18.9. The number of halogens is 2. The highest BCUT2D eigenvalue weighted by Gasteiger charge is 2.24. The summed E-state index contributed by atoms with van der Waals surface area (Å²) in [7, 11) is 0. The van der Waals surface area contributed by atoms with Crippen LogP contribution in [0.25, 0.3) is 21.9 Å². The van der Waals surface area contributed by atoms with Crippen LogP contribution in [-0.2, 0) is 6.42 Å². The van der Waals surface area contributed by atoms with Gasteiger partial charge in [0.2, 0.25) is 0 Å². The Morgan fingerprint density at radius 2 is 1.76 bits per heavy atom. The van der Waals surface area contributed by atoms with Crippen molar-refractivity contribution in [2.24, 2.45) is 0 Å². The maximum atomic E-state index is 13.3. The molecule has 29 heavy (non-hydrogen) atoms. The number of para-hydroxylation sites is 1. The van der Waals surface area contributed by atoms with Gasteiger partial charge in [-0.25, -0.2) is 4.39 Å². The number of nitrogens with zero attached hydrogens (tertiary/aromatic N) is 3. The van der Waals surface area contributed by atoms with Crippen molar-refractivity contribution in [1.29, 1.82) is 0 Å². The Balaban J connectivity index is 0.00000205. The molecule has 5 rings (SSSR count). The number of fused-ring (bicyclic) bond motifs is 2. The second-order valence-electron chi connectivity index (χ2n) is 7.55. The standard InChI is InChI=1S/C22H22FN3O2.BrH/c23-16-7-8-17-19(24-28-21(17)14-16)5-3-11-26-12-9-15(10-13-26)22-18-4-1-2-6-20(18)27-25-22;/h1-2,4,6-8,14-15H,3,5,9-13H2;1H. The van der Waals surface area contributed by atoms with Gasteiger partial charge in [0.25, 0.3) is 0 Å². The van der Waals surface area contributed by atoms with Crippen LogP contribution >= 0.6 is 17.0 Å². The van der Waals surface area contributed by atoms with E-state index in [9.17, 15) is 4.39 Å². The van der Waals surface area contributed by atoms with E-state index in [1.54, 1.807) is 6.07 Å². The molecule has 0 N–H and O–H groups in total. The van der Waals surface area contributed by atoms with Crippen LogP contribution in [0.15, 0.2) is 51.5 Å². The minimum atomic E-state index is -0.294. The normalized spacial score (nSPS) is 15.8. The van der Waals surface area contributed by atoms with Crippen LogP contribution in [0, 0.1) is 5.82 Å². The van der Waals surface area contributed by atoms with Gasteiger partial charge < -0.3 is 13.9 Å². The maximum absolute atomic E-state index is 13.3. The van der Waals surface area contributed by atoms with Gasteiger partial charge in [-0.2, -0.15) is 0 Å². The first kappa shape index (κ1) is 20.0. The van der Waals surface area contributed by atoms with E-state index in [0.29, 0.717) is 11.5 Å². The molecule has 5 nitrogen and oxygen atoms in total. The third-order valence-corrected chi connectivity index (χ3v) is 5.78. The summed E-state index contributed by atoms with van der Waals surface area (Å²) in [5.41, 5.74) is 3.42. The van der Waals surface area contributed by atoms with Crippen molar-refractivity contribution in [3.05, 3.63) is 59.7 Å². The van der Waals surface area contributed by atoms with Gasteiger partial charge in [-0.05, 0) is 69.6 Å². The highest BCUT2D eigenvalue weighted by atomic mass is 79.9. The van der Waals surface area contributed by atoms with Gasteiger partial charge in [0.1, 0.15) is 5.82 Å². The van der Waals surface area contributed by atoms with Gasteiger partial charge in [-0.1, -0.05) is 22.4 Å². The number of hydrogen-bond acceptors (Lipinski definition) is 5. The number of benzene rings is 2. The topological polar surface area (TPSA) is 55.3 Å². The van der Waals surface area contributed by atoms with E-state index in [1.807, 2.05) is 18.2 Å².